The van der Waals surface area contributed by atoms with Crippen molar-refractivity contribution in [3.63, 3.8) is 0 Å². The fourth-order valence-electron chi connectivity index (χ4n) is 4.12. The molecule has 4 N–H and O–H groups in total. The fraction of sp³-hybridized carbons (Fsp3) is 0.464. The normalized spacial score (nSPS) is 19.6. The maximum absolute atomic E-state index is 12.7. The molecule has 0 spiro atoms. The van der Waals surface area contributed by atoms with Gasteiger partial charge in [-0.15, -0.1) is 0 Å². The standard InChI is InChI=1S/C24H29N3O2.2C2HF3O2/c28-24(26-20-6-8-21(9-7-20)27-10-12-29-13-11-27)19-3-1-2-18(14-19)22-15-23(22)25-16-17-4-5-17;2*3-2(4,5)1(6)7/h1-3,6-9,14,17,22-23,25H,4-5,10-13,15-16H2,(H,26,28);2*(H,6,7). The van der Waals surface area contributed by atoms with Crippen molar-refractivity contribution in [3.8, 4) is 0 Å². The summed E-state index contributed by atoms with van der Waals surface area (Å²) >= 11 is 0. The van der Waals surface area contributed by atoms with E-state index in [1.165, 1.54) is 30.5 Å². The second-order valence-corrected chi connectivity index (χ2v) is 10.1. The lowest BCUT2D eigenvalue weighted by Gasteiger charge is -2.28. The summed E-state index contributed by atoms with van der Waals surface area (Å²) < 4.78 is 68.9. The highest BCUT2D eigenvalue weighted by molar-refractivity contribution is 6.04. The molecule has 2 saturated carbocycles. The van der Waals surface area contributed by atoms with Gasteiger partial charge in [-0.25, -0.2) is 9.59 Å². The van der Waals surface area contributed by atoms with Gasteiger partial charge >= 0.3 is 24.3 Å². The summed E-state index contributed by atoms with van der Waals surface area (Å²) in [5.41, 5.74) is 4.00. The summed E-state index contributed by atoms with van der Waals surface area (Å²) in [5, 5.41) is 21.0. The van der Waals surface area contributed by atoms with Gasteiger partial charge in [0.15, 0.2) is 0 Å². The second-order valence-electron chi connectivity index (χ2n) is 10.1. The number of ether oxygens (including phenoxy) is 1. The number of carbonyl (C=O) groups excluding carboxylic acids is 1. The van der Waals surface area contributed by atoms with Crippen LogP contribution in [-0.2, 0) is 14.3 Å². The van der Waals surface area contributed by atoms with Crippen LogP contribution in [0.3, 0.4) is 0 Å². The van der Waals surface area contributed by atoms with Gasteiger partial charge in [0, 0.05) is 42.0 Å². The minimum Gasteiger partial charge on any atom is -0.475 e. The van der Waals surface area contributed by atoms with Gasteiger partial charge in [0.1, 0.15) is 0 Å². The van der Waals surface area contributed by atoms with Gasteiger partial charge in [-0.3, -0.25) is 4.79 Å². The first-order valence-corrected chi connectivity index (χ1v) is 13.3. The van der Waals surface area contributed by atoms with E-state index >= 15 is 0 Å². The van der Waals surface area contributed by atoms with Crippen LogP contribution in [0.4, 0.5) is 37.7 Å². The fourth-order valence-corrected chi connectivity index (χ4v) is 4.12. The van der Waals surface area contributed by atoms with E-state index in [1.54, 1.807) is 0 Å². The molecule has 5 rings (SSSR count). The molecule has 0 aromatic heterocycles. The number of nitrogens with one attached hydrogen (secondary N) is 2. The van der Waals surface area contributed by atoms with Crippen LogP contribution in [-0.4, -0.2) is 79.3 Å². The van der Waals surface area contributed by atoms with Gasteiger partial charge in [0.05, 0.1) is 13.2 Å². The zero-order valence-electron chi connectivity index (χ0n) is 22.8. The zero-order chi connectivity index (χ0) is 31.8. The number of morpholine rings is 1. The number of hydrogen-bond donors (Lipinski definition) is 4. The van der Waals surface area contributed by atoms with E-state index in [1.807, 2.05) is 24.3 Å². The first-order valence-electron chi connectivity index (χ1n) is 13.3. The smallest absolute Gasteiger partial charge is 0.475 e. The predicted octanol–water partition coefficient (Wildman–Crippen LogP) is 4.90. The van der Waals surface area contributed by atoms with Gasteiger partial charge < -0.3 is 30.5 Å². The van der Waals surface area contributed by atoms with E-state index in [0.29, 0.717) is 12.0 Å². The Morgan fingerprint density at radius 3 is 1.95 bits per heavy atom. The molecule has 2 aromatic carbocycles. The number of hydrogen-bond acceptors (Lipinski definition) is 6. The maximum Gasteiger partial charge on any atom is 0.490 e. The van der Waals surface area contributed by atoms with Crippen LogP contribution in [0, 0.1) is 5.92 Å². The molecule has 1 saturated heterocycles. The van der Waals surface area contributed by atoms with Gasteiger partial charge in [-0.1, -0.05) is 12.1 Å². The van der Waals surface area contributed by atoms with E-state index < -0.39 is 24.3 Å². The highest BCUT2D eigenvalue weighted by atomic mass is 19.4. The van der Waals surface area contributed by atoms with E-state index in [4.69, 9.17) is 24.5 Å². The van der Waals surface area contributed by atoms with Gasteiger partial charge in [0.25, 0.3) is 5.91 Å². The SMILES string of the molecule is O=C(Nc1ccc(N2CCOCC2)cc1)c1cccc(C2CC2NCC2CC2)c1.O=C(O)C(F)(F)F.O=C(O)C(F)(F)F. The number of halogens is 6. The Kier molecular flexibility index (Phi) is 11.4. The Bertz CT molecular complexity index is 1220. The number of nitrogens with zero attached hydrogens (tertiary/aromatic N) is 1. The molecular weight excluding hydrogens is 588 g/mol. The van der Waals surface area contributed by atoms with Gasteiger partial charge in [-0.2, -0.15) is 26.3 Å². The van der Waals surface area contributed by atoms with Crippen LogP contribution in [0.25, 0.3) is 0 Å². The van der Waals surface area contributed by atoms with Crippen LogP contribution in [0.5, 0.6) is 0 Å². The number of carboxylic acids is 2. The van der Waals surface area contributed by atoms with Crippen LogP contribution < -0.4 is 15.5 Å². The molecule has 1 amide bonds. The first kappa shape index (κ1) is 33.6. The molecule has 0 bridgehead atoms. The monoisotopic (exact) mass is 619 g/mol. The summed E-state index contributed by atoms with van der Waals surface area (Å²) in [6, 6.07) is 16.8. The average Bonchev–Trinajstić information content (AvgIpc) is 3.88. The van der Waals surface area contributed by atoms with Crippen molar-refractivity contribution in [2.45, 2.75) is 43.6 Å². The largest absolute Gasteiger partial charge is 0.490 e. The molecule has 3 fully saturated rings. The van der Waals surface area contributed by atoms with Crippen molar-refractivity contribution < 1.29 is 55.7 Å². The van der Waals surface area contributed by atoms with Crippen molar-refractivity contribution in [3.05, 3.63) is 59.7 Å². The van der Waals surface area contributed by atoms with Crippen molar-refractivity contribution in [2.75, 3.05) is 43.1 Å². The molecule has 43 heavy (non-hydrogen) atoms. The van der Waals surface area contributed by atoms with E-state index in [0.717, 1.165) is 50.0 Å². The predicted molar refractivity (Wildman–Crippen MR) is 143 cm³/mol. The van der Waals surface area contributed by atoms with Crippen LogP contribution in [0.2, 0.25) is 0 Å². The lowest BCUT2D eigenvalue weighted by molar-refractivity contribution is -0.193. The van der Waals surface area contributed by atoms with Crippen LogP contribution in [0.1, 0.15) is 41.1 Å². The molecule has 15 heteroatoms. The highest BCUT2D eigenvalue weighted by Crippen LogP contribution is 2.42. The molecule has 2 unspecified atom stereocenters. The minimum absolute atomic E-state index is 0.0471. The highest BCUT2D eigenvalue weighted by Gasteiger charge is 2.40. The van der Waals surface area contributed by atoms with Crippen LogP contribution in [0.15, 0.2) is 48.5 Å². The number of rotatable bonds is 7. The lowest BCUT2D eigenvalue weighted by Crippen LogP contribution is -2.36. The summed E-state index contributed by atoms with van der Waals surface area (Å²) in [7, 11) is 0. The molecule has 3 aliphatic rings. The van der Waals surface area contributed by atoms with Crippen molar-refractivity contribution in [1.82, 2.24) is 5.32 Å². The van der Waals surface area contributed by atoms with Gasteiger partial charge in [-0.05, 0) is 73.7 Å². The van der Waals surface area contributed by atoms with E-state index in [9.17, 15) is 31.1 Å². The summed E-state index contributed by atoms with van der Waals surface area (Å²) in [5.74, 6) is -4.11. The molecule has 9 nitrogen and oxygen atoms in total. The number of alkyl halides is 6. The molecule has 2 atom stereocenters. The second kappa shape index (κ2) is 14.6. The first-order chi connectivity index (χ1) is 20.1. The molecule has 2 aliphatic carbocycles. The van der Waals surface area contributed by atoms with Crippen molar-refractivity contribution >= 4 is 29.2 Å². The summed E-state index contributed by atoms with van der Waals surface area (Å²) in [4.78, 5) is 32.8. The zero-order valence-corrected chi connectivity index (χ0v) is 22.8. The maximum atomic E-state index is 12.7. The Hall–Kier alpha value is -3.85. The minimum atomic E-state index is -5.08. The molecule has 236 valence electrons. The lowest BCUT2D eigenvalue weighted by atomic mass is 10.1. The number of carboxylic acid groups (broad SMARTS) is 2. The Balaban J connectivity index is 0.000000303. The molecule has 2 aromatic rings. The van der Waals surface area contributed by atoms with E-state index in [2.05, 4.69) is 39.8 Å². The Morgan fingerprint density at radius 1 is 0.884 bits per heavy atom. The number of anilines is 2. The molecule has 1 aliphatic heterocycles. The van der Waals surface area contributed by atoms with Crippen molar-refractivity contribution in [2.24, 2.45) is 5.92 Å². The number of carbonyl (C=O) groups is 3. The third kappa shape index (κ3) is 11.4. The number of benzene rings is 2. The third-order valence-electron chi connectivity index (χ3n) is 6.72. The van der Waals surface area contributed by atoms with Gasteiger partial charge in [0.2, 0.25) is 0 Å². The summed E-state index contributed by atoms with van der Waals surface area (Å²) in [6.45, 7) is 4.52. The third-order valence-corrected chi connectivity index (χ3v) is 6.72. The van der Waals surface area contributed by atoms with Crippen LogP contribution >= 0.6 is 0 Å². The molecule has 0 radical (unpaired) electrons. The topological polar surface area (TPSA) is 128 Å². The number of amides is 1. The summed E-state index contributed by atoms with van der Waals surface area (Å²) in [6.07, 6.45) is -6.22. The number of aliphatic carboxylic acids is 2. The molecular formula is C28H31F6N3O6. The van der Waals surface area contributed by atoms with E-state index in [-0.39, 0.29) is 5.91 Å². The quantitative estimate of drug-likeness (QED) is 0.323. The average molecular weight is 620 g/mol. The Labute approximate surface area is 242 Å². The molecule has 1 heterocycles. The van der Waals surface area contributed by atoms with Crippen molar-refractivity contribution in [1.29, 1.82) is 0 Å². The Morgan fingerprint density at radius 2 is 1.44 bits per heavy atom.